The molecule has 0 radical (unpaired) electrons. The van der Waals surface area contributed by atoms with E-state index < -0.39 is 0 Å². The van der Waals surface area contributed by atoms with Crippen LogP contribution in [0.5, 0.6) is 0 Å². The maximum Gasteiger partial charge on any atom is 0.238 e. The normalized spacial score (nSPS) is 18.0. The first kappa shape index (κ1) is 20.5. The molecule has 2 aromatic rings. The molecule has 5 nitrogen and oxygen atoms in total. The fourth-order valence-corrected chi connectivity index (χ4v) is 4.38. The molecule has 158 valence electrons. The first-order chi connectivity index (χ1) is 14.6. The Balaban J connectivity index is 1.24. The average molecular weight is 410 g/mol. The van der Waals surface area contributed by atoms with E-state index in [1.165, 1.54) is 17.7 Å². The summed E-state index contributed by atoms with van der Waals surface area (Å²) in [4.78, 5) is 28.4. The molecule has 2 aromatic carbocycles. The van der Waals surface area contributed by atoms with Gasteiger partial charge in [-0.15, -0.1) is 0 Å². The molecule has 0 atom stereocenters. The van der Waals surface area contributed by atoms with Crippen molar-refractivity contribution >= 4 is 23.2 Å². The number of anilines is 2. The van der Waals surface area contributed by atoms with Crippen molar-refractivity contribution in [1.29, 1.82) is 0 Å². The van der Waals surface area contributed by atoms with Crippen LogP contribution in [0.4, 0.5) is 15.8 Å². The molecule has 0 saturated carbocycles. The Morgan fingerprint density at radius 1 is 1.07 bits per heavy atom. The van der Waals surface area contributed by atoms with Crippen molar-refractivity contribution in [3.63, 3.8) is 0 Å². The minimum absolute atomic E-state index is 0.0307. The number of nitrogens with one attached hydrogen (secondary N) is 1. The molecule has 0 aliphatic carbocycles. The topological polar surface area (TPSA) is 52.7 Å². The summed E-state index contributed by atoms with van der Waals surface area (Å²) in [5.41, 5.74) is 2.74. The van der Waals surface area contributed by atoms with Gasteiger partial charge in [0.05, 0.1) is 6.54 Å². The van der Waals surface area contributed by atoms with E-state index in [1.54, 1.807) is 4.90 Å². The van der Waals surface area contributed by atoms with Gasteiger partial charge in [-0.1, -0.05) is 18.2 Å². The highest BCUT2D eigenvalue weighted by molar-refractivity contribution is 5.97. The molecule has 2 fully saturated rings. The fraction of sp³-hybridized carbons (Fsp3) is 0.417. The Labute approximate surface area is 176 Å². The summed E-state index contributed by atoms with van der Waals surface area (Å²) >= 11 is 0. The van der Waals surface area contributed by atoms with Gasteiger partial charge in [-0.05, 0) is 80.6 Å². The summed E-state index contributed by atoms with van der Waals surface area (Å²) in [5, 5.41) is 2.97. The van der Waals surface area contributed by atoms with Crippen LogP contribution in [0.15, 0.2) is 48.5 Å². The zero-order valence-corrected chi connectivity index (χ0v) is 17.1. The van der Waals surface area contributed by atoms with Crippen molar-refractivity contribution in [2.75, 3.05) is 36.4 Å². The van der Waals surface area contributed by atoms with E-state index in [9.17, 15) is 14.0 Å². The van der Waals surface area contributed by atoms with E-state index in [-0.39, 0.29) is 17.6 Å². The van der Waals surface area contributed by atoms with Gasteiger partial charge in [0.15, 0.2) is 0 Å². The molecule has 6 heteroatoms. The van der Waals surface area contributed by atoms with E-state index in [0.29, 0.717) is 18.9 Å². The highest BCUT2D eigenvalue weighted by Crippen LogP contribution is 2.25. The van der Waals surface area contributed by atoms with Crippen LogP contribution in [0.1, 0.15) is 31.2 Å². The number of benzene rings is 2. The van der Waals surface area contributed by atoms with Crippen molar-refractivity contribution in [1.82, 2.24) is 4.90 Å². The standard InChI is InChI=1S/C24H28FN3O2/c25-20-8-6-18(7-9-20)15-19-10-13-27(14-11-19)17-23(29)26-21-3-1-4-22(16-21)28-12-2-5-24(28)30/h1,3-4,6-9,16,19H,2,5,10-15,17H2,(H,26,29). The van der Waals surface area contributed by atoms with Gasteiger partial charge in [-0.3, -0.25) is 14.5 Å². The molecule has 30 heavy (non-hydrogen) atoms. The maximum absolute atomic E-state index is 13.1. The Morgan fingerprint density at radius 2 is 1.83 bits per heavy atom. The Kier molecular flexibility index (Phi) is 6.43. The number of hydrogen-bond acceptors (Lipinski definition) is 3. The molecule has 0 unspecified atom stereocenters. The molecule has 0 spiro atoms. The Hall–Kier alpha value is -2.73. The Morgan fingerprint density at radius 3 is 2.53 bits per heavy atom. The van der Waals surface area contributed by atoms with E-state index >= 15 is 0 Å². The number of carbonyl (C=O) groups excluding carboxylic acids is 2. The van der Waals surface area contributed by atoms with E-state index in [4.69, 9.17) is 0 Å². The molecular formula is C24H28FN3O2. The number of hydrogen-bond donors (Lipinski definition) is 1. The van der Waals surface area contributed by atoms with Crippen LogP contribution in [0.25, 0.3) is 0 Å². The predicted molar refractivity (Wildman–Crippen MR) is 116 cm³/mol. The van der Waals surface area contributed by atoms with Gasteiger partial charge >= 0.3 is 0 Å². The quantitative estimate of drug-likeness (QED) is 0.789. The number of amides is 2. The minimum Gasteiger partial charge on any atom is -0.325 e. The van der Waals surface area contributed by atoms with Crippen LogP contribution >= 0.6 is 0 Å². The van der Waals surface area contributed by atoms with Crippen molar-refractivity contribution in [3.05, 3.63) is 59.9 Å². The van der Waals surface area contributed by atoms with Crippen LogP contribution in [0.2, 0.25) is 0 Å². The number of halogens is 1. The number of carbonyl (C=O) groups is 2. The summed E-state index contributed by atoms with van der Waals surface area (Å²) < 4.78 is 13.1. The first-order valence-electron chi connectivity index (χ1n) is 10.7. The minimum atomic E-state index is -0.197. The molecule has 2 aliphatic rings. The molecule has 4 rings (SSSR count). The van der Waals surface area contributed by atoms with Gasteiger partial charge in [0.1, 0.15) is 5.82 Å². The SMILES string of the molecule is O=C(CN1CCC(Cc2ccc(F)cc2)CC1)Nc1cccc(N2CCCC2=O)c1. The maximum atomic E-state index is 13.1. The number of piperidine rings is 1. The molecular weight excluding hydrogens is 381 g/mol. The second kappa shape index (κ2) is 9.39. The lowest BCUT2D eigenvalue weighted by Crippen LogP contribution is -2.39. The van der Waals surface area contributed by atoms with Crippen LogP contribution < -0.4 is 10.2 Å². The number of likely N-dealkylation sites (tertiary alicyclic amines) is 1. The second-order valence-corrected chi connectivity index (χ2v) is 8.30. The lowest BCUT2D eigenvalue weighted by molar-refractivity contribution is -0.118. The summed E-state index contributed by atoms with van der Waals surface area (Å²) in [6.07, 6.45) is 4.51. The van der Waals surface area contributed by atoms with Gasteiger partial charge in [-0.2, -0.15) is 0 Å². The van der Waals surface area contributed by atoms with Crippen molar-refractivity contribution < 1.29 is 14.0 Å². The first-order valence-corrected chi connectivity index (χ1v) is 10.7. The number of nitrogens with zero attached hydrogens (tertiary/aromatic N) is 2. The van der Waals surface area contributed by atoms with Crippen LogP contribution in [-0.2, 0) is 16.0 Å². The molecule has 0 bridgehead atoms. The third-order valence-electron chi connectivity index (χ3n) is 6.03. The summed E-state index contributed by atoms with van der Waals surface area (Å²) in [5.74, 6) is 0.487. The molecule has 2 heterocycles. The molecule has 0 aromatic heterocycles. The zero-order valence-electron chi connectivity index (χ0n) is 17.1. The summed E-state index contributed by atoms with van der Waals surface area (Å²) in [6.45, 7) is 2.89. The molecule has 2 saturated heterocycles. The summed E-state index contributed by atoms with van der Waals surface area (Å²) in [7, 11) is 0. The van der Waals surface area contributed by atoms with E-state index in [1.807, 2.05) is 36.4 Å². The highest BCUT2D eigenvalue weighted by atomic mass is 19.1. The fourth-order valence-electron chi connectivity index (χ4n) is 4.38. The largest absolute Gasteiger partial charge is 0.325 e. The van der Waals surface area contributed by atoms with Gasteiger partial charge in [0, 0.05) is 24.3 Å². The van der Waals surface area contributed by atoms with Crippen molar-refractivity contribution in [2.24, 2.45) is 5.92 Å². The van der Waals surface area contributed by atoms with E-state index in [2.05, 4.69) is 10.2 Å². The monoisotopic (exact) mass is 409 g/mol. The third-order valence-corrected chi connectivity index (χ3v) is 6.03. The Bertz CT molecular complexity index is 892. The van der Waals surface area contributed by atoms with Crippen LogP contribution in [0, 0.1) is 11.7 Å². The smallest absolute Gasteiger partial charge is 0.238 e. The lowest BCUT2D eigenvalue weighted by Gasteiger charge is -2.31. The van der Waals surface area contributed by atoms with Gasteiger partial charge in [-0.25, -0.2) is 4.39 Å². The third kappa shape index (κ3) is 5.25. The van der Waals surface area contributed by atoms with E-state index in [0.717, 1.165) is 56.7 Å². The number of rotatable bonds is 6. The molecule has 1 N–H and O–H groups in total. The predicted octanol–water partition coefficient (Wildman–Crippen LogP) is 3.85. The van der Waals surface area contributed by atoms with Crippen molar-refractivity contribution in [3.8, 4) is 0 Å². The highest BCUT2D eigenvalue weighted by Gasteiger charge is 2.23. The van der Waals surface area contributed by atoms with Crippen molar-refractivity contribution in [2.45, 2.75) is 32.1 Å². The van der Waals surface area contributed by atoms with Gasteiger partial charge in [0.25, 0.3) is 0 Å². The lowest BCUT2D eigenvalue weighted by atomic mass is 9.90. The molecule has 2 amide bonds. The van der Waals surface area contributed by atoms with Crippen LogP contribution in [0.3, 0.4) is 0 Å². The molecule has 2 aliphatic heterocycles. The zero-order chi connectivity index (χ0) is 20.9. The van der Waals surface area contributed by atoms with Gasteiger partial charge < -0.3 is 10.2 Å². The second-order valence-electron chi connectivity index (χ2n) is 8.30. The van der Waals surface area contributed by atoms with Crippen LogP contribution in [-0.4, -0.2) is 42.9 Å². The summed E-state index contributed by atoms with van der Waals surface area (Å²) in [6, 6.07) is 14.3. The van der Waals surface area contributed by atoms with Gasteiger partial charge in [0.2, 0.25) is 11.8 Å². The average Bonchev–Trinajstić information content (AvgIpc) is 3.17.